The quantitative estimate of drug-likeness (QED) is 0.843. The molecule has 1 aromatic carbocycles. The molecule has 1 atom stereocenters. The summed E-state index contributed by atoms with van der Waals surface area (Å²) in [6, 6.07) is 5.87. The predicted octanol–water partition coefficient (Wildman–Crippen LogP) is 4.44. The number of hydrogen-bond donors (Lipinski definition) is 1. The summed E-state index contributed by atoms with van der Waals surface area (Å²) in [6.45, 7) is 7.74. The molecule has 1 fully saturated rings. The van der Waals surface area contributed by atoms with Crippen LogP contribution in [0.3, 0.4) is 0 Å². The largest absolute Gasteiger partial charge is 0.314 e. The molecule has 106 valence electrons. The fourth-order valence-corrected chi connectivity index (χ4v) is 2.35. The predicted molar refractivity (Wildman–Crippen MR) is 79.1 cm³/mol. The zero-order valence-corrected chi connectivity index (χ0v) is 12.7. The van der Waals surface area contributed by atoms with E-state index in [4.69, 9.17) is 11.6 Å². The van der Waals surface area contributed by atoms with Gasteiger partial charge in [0.2, 0.25) is 0 Å². The first-order valence-corrected chi connectivity index (χ1v) is 7.41. The van der Waals surface area contributed by atoms with Gasteiger partial charge in [0.1, 0.15) is 5.82 Å². The van der Waals surface area contributed by atoms with E-state index >= 15 is 0 Å². The van der Waals surface area contributed by atoms with E-state index < -0.39 is 0 Å². The Morgan fingerprint density at radius 2 is 2.05 bits per heavy atom. The Bertz CT molecular complexity index is 435. The molecule has 1 aliphatic rings. The maximum atomic E-state index is 13.5. The van der Waals surface area contributed by atoms with Crippen LogP contribution in [0.5, 0.6) is 0 Å². The van der Waals surface area contributed by atoms with Crippen LogP contribution < -0.4 is 5.32 Å². The van der Waals surface area contributed by atoms with E-state index in [2.05, 4.69) is 26.1 Å². The van der Waals surface area contributed by atoms with Crippen LogP contribution >= 0.6 is 11.6 Å². The summed E-state index contributed by atoms with van der Waals surface area (Å²) >= 11 is 5.73. The molecule has 1 unspecified atom stereocenters. The first-order valence-electron chi connectivity index (χ1n) is 7.03. The van der Waals surface area contributed by atoms with Crippen molar-refractivity contribution >= 4 is 11.6 Å². The van der Waals surface area contributed by atoms with E-state index in [1.54, 1.807) is 12.1 Å². The van der Waals surface area contributed by atoms with Crippen LogP contribution in [0.1, 0.15) is 39.2 Å². The minimum atomic E-state index is -0.318. The summed E-state index contributed by atoms with van der Waals surface area (Å²) in [5.74, 6) is 0.177. The molecule has 0 amide bonds. The van der Waals surface area contributed by atoms with Gasteiger partial charge in [0.25, 0.3) is 0 Å². The Morgan fingerprint density at radius 3 is 2.58 bits per heavy atom. The van der Waals surface area contributed by atoms with E-state index in [-0.39, 0.29) is 16.3 Å². The second-order valence-electron chi connectivity index (χ2n) is 6.70. The molecular formula is C16H23ClFN. The van der Waals surface area contributed by atoms with Crippen LogP contribution in [-0.2, 0) is 6.42 Å². The Hall–Kier alpha value is -0.600. The van der Waals surface area contributed by atoms with Gasteiger partial charge in [-0.15, -0.1) is 0 Å². The number of benzene rings is 1. The minimum Gasteiger partial charge on any atom is -0.314 e. The average molecular weight is 284 g/mol. The monoisotopic (exact) mass is 283 g/mol. The van der Waals surface area contributed by atoms with Crippen molar-refractivity contribution in [2.45, 2.75) is 46.1 Å². The van der Waals surface area contributed by atoms with Crippen LogP contribution in [0.4, 0.5) is 4.39 Å². The SMILES string of the molecule is CC(C)(C)C(CNC1CC1)Cc1ccc(Cl)c(F)c1. The second kappa shape index (κ2) is 5.80. The molecule has 1 nitrogen and oxygen atoms in total. The minimum absolute atomic E-state index is 0.201. The molecule has 0 aliphatic heterocycles. The highest BCUT2D eigenvalue weighted by Crippen LogP contribution is 2.30. The molecule has 0 saturated heterocycles. The van der Waals surface area contributed by atoms with Gasteiger partial charge in [-0.3, -0.25) is 0 Å². The molecule has 0 bridgehead atoms. The van der Waals surface area contributed by atoms with E-state index in [9.17, 15) is 4.39 Å². The molecule has 3 heteroatoms. The van der Waals surface area contributed by atoms with Gasteiger partial charge in [-0.2, -0.15) is 0 Å². The van der Waals surface area contributed by atoms with Gasteiger partial charge in [-0.05, 0) is 54.8 Å². The topological polar surface area (TPSA) is 12.0 Å². The van der Waals surface area contributed by atoms with Gasteiger partial charge < -0.3 is 5.32 Å². The molecule has 19 heavy (non-hydrogen) atoms. The zero-order chi connectivity index (χ0) is 14.0. The summed E-state index contributed by atoms with van der Waals surface area (Å²) in [5.41, 5.74) is 1.23. The summed E-state index contributed by atoms with van der Waals surface area (Å²) in [4.78, 5) is 0. The van der Waals surface area contributed by atoms with Crippen molar-refractivity contribution in [2.24, 2.45) is 11.3 Å². The van der Waals surface area contributed by atoms with Crippen molar-refractivity contribution in [3.63, 3.8) is 0 Å². The van der Waals surface area contributed by atoms with E-state index in [0.717, 1.165) is 18.5 Å². The van der Waals surface area contributed by atoms with Crippen LogP contribution in [0.15, 0.2) is 18.2 Å². The normalized spacial score (nSPS) is 17.5. The highest BCUT2D eigenvalue weighted by molar-refractivity contribution is 6.30. The lowest BCUT2D eigenvalue weighted by atomic mass is 9.77. The van der Waals surface area contributed by atoms with Gasteiger partial charge in [-0.25, -0.2) is 4.39 Å². The summed E-state index contributed by atoms with van der Waals surface area (Å²) in [7, 11) is 0. The second-order valence-corrected chi connectivity index (χ2v) is 7.11. The lowest BCUT2D eigenvalue weighted by Gasteiger charge is -2.31. The number of rotatable bonds is 5. The highest BCUT2D eigenvalue weighted by atomic mass is 35.5. The van der Waals surface area contributed by atoms with Gasteiger partial charge in [0.05, 0.1) is 5.02 Å². The van der Waals surface area contributed by atoms with Crippen molar-refractivity contribution in [3.05, 3.63) is 34.6 Å². The van der Waals surface area contributed by atoms with E-state index in [1.165, 1.54) is 12.8 Å². The first-order chi connectivity index (χ1) is 8.86. The Labute approximate surface area is 120 Å². The Kier molecular flexibility index (Phi) is 4.52. The third kappa shape index (κ3) is 4.47. The molecule has 1 N–H and O–H groups in total. The molecule has 0 spiro atoms. The summed E-state index contributed by atoms with van der Waals surface area (Å²) < 4.78 is 13.5. The summed E-state index contributed by atoms with van der Waals surface area (Å²) in [6.07, 6.45) is 3.48. The molecular weight excluding hydrogens is 261 g/mol. The first kappa shape index (κ1) is 14.8. The molecule has 0 heterocycles. The molecule has 2 rings (SSSR count). The maximum Gasteiger partial charge on any atom is 0.142 e. The van der Waals surface area contributed by atoms with Gasteiger partial charge >= 0.3 is 0 Å². The third-order valence-electron chi connectivity index (χ3n) is 3.92. The maximum absolute atomic E-state index is 13.5. The van der Waals surface area contributed by atoms with Crippen molar-refractivity contribution in [2.75, 3.05) is 6.54 Å². The van der Waals surface area contributed by atoms with Crippen molar-refractivity contribution in [3.8, 4) is 0 Å². The Morgan fingerprint density at radius 1 is 1.37 bits per heavy atom. The zero-order valence-electron chi connectivity index (χ0n) is 12.0. The highest BCUT2D eigenvalue weighted by Gasteiger charge is 2.28. The van der Waals surface area contributed by atoms with Crippen LogP contribution in [-0.4, -0.2) is 12.6 Å². The van der Waals surface area contributed by atoms with Crippen LogP contribution in [0, 0.1) is 17.2 Å². The molecule has 1 saturated carbocycles. The van der Waals surface area contributed by atoms with Gasteiger partial charge in [0.15, 0.2) is 0 Å². The fourth-order valence-electron chi connectivity index (χ4n) is 2.23. The van der Waals surface area contributed by atoms with Crippen LogP contribution in [0.25, 0.3) is 0 Å². The molecule has 1 aliphatic carbocycles. The van der Waals surface area contributed by atoms with Gasteiger partial charge in [-0.1, -0.05) is 38.4 Å². The van der Waals surface area contributed by atoms with Gasteiger partial charge in [0, 0.05) is 6.04 Å². The number of halogens is 2. The van der Waals surface area contributed by atoms with E-state index in [0.29, 0.717) is 12.0 Å². The summed E-state index contributed by atoms with van der Waals surface area (Å²) in [5, 5.41) is 3.79. The van der Waals surface area contributed by atoms with Crippen LogP contribution in [0.2, 0.25) is 5.02 Å². The lowest BCUT2D eigenvalue weighted by molar-refractivity contribution is 0.230. The van der Waals surface area contributed by atoms with Crippen molar-refractivity contribution in [1.82, 2.24) is 5.32 Å². The smallest absolute Gasteiger partial charge is 0.142 e. The lowest BCUT2D eigenvalue weighted by Crippen LogP contribution is -2.34. The number of hydrogen-bond acceptors (Lipinski definition) is 1. The fraction of sp³-hybridized carbons (Fsp3) is 0.625. The molecule has 1 aromatic rings. The van der Waals surface area contributed by atoms with Crippen molar-refractivity contribution < 1.29 is 4.39 Å². The average Bonchev–Trinajstić information content (AvgIpc) is 3.11. The third-order valence-corrected chi connectivity index (χ3v) is 4.23. The Balaban J connectivity index is 2.02. The molecule has 0 radical (unpaired) electrons. The molecule has 0 aromatic heterocycles. The van der Waals surface area contributed by atoms with Crippen molar-refractivity contribution in [1.29, 1.82) is 0 Å². The standard InChI is InChI=1S/C16H23ClFN/c1-16(2,3)12(10-19-13-5-6-13)8-11-4-7-14(17)15(18)9-11/h4,7,9,12-13,19H,5-6,8,10H2,1-3H3. The van der Waals surface area contributed by atoms with E-state index in [1.807, 2.05) is 6.07 Å². The number of nitrogens with one attached hydrogen (secondary N) is 1.